The molecule has 6 N–H and O–H groups in total. The summed E-state index contributed by atoms with van der Waals surface area (Å²) in [4.78, 5) is 41.0. The van der Waals surface area contributed by atoms with Gasteiger partial charge in [0.15, 0.2) is 0 Å². The lowest BCUT2D eigenvalue weighted by Gasteiger charge is -2.12. The summed E-state index contributed by atoms with van der Waals surface area (Å²) in [5.41, 5.74) is 16.1. The number of anilines is 2. The normalized spacial score (nSPS) is 11.0. The fourth-order valence-electron chi connectivity index (χ4n) is 6.27. The van der Waals surface area contributed by atoms with E-state index >= 15 is 0 Å². The van der Waals surface area contributed by atoms with Crippen LogP contribution in [0.15, 0.2) is 48.5 Å². The van der Waals surface area contributed by atoms with Crippen molar-refractivity contribution in [3.05, 3.63) is 93.6 Å². The van der Waals surface area contributed by atoms with E-state index < -0.39 is 0 Å². The lowest BCUT2D eigenvalue weighted by Crippen LogP contribution is -2.17. The minimum atomic E-state index is -0.370. The number of aryl methyl sites for hydroxylation is 6. The van der Waals surface area contributed by atoms with Gasteiger partial charge in [-0.2, -0.15) is 0 Å². The first kappa shape index (κ1) is 39.0. The Morgan fingerprint density at radius 3 is 1.56 bits per heavy atom. The molecular formula is C40H49N9O5. The molecule has 284 valence electrons. The number of hydrogen-bond acceptors (Lipinski definition) is 11. The van der Waals surface area contributed by atoms with Crippen LogP contribution in [-0.4, -0.2) is 70.9 Å². The molecule has 4 heterocycles. The van der Waals surface area contributed by atoms with E-state index in [9.17, 15) is 19.8 Å². The van der Waals surface area contributed by atoms with Gasteiger partial charge < -0.3 is 40.5 Å². The lowest BCUT2D eigenvalue weighted by molar-refractivity contribution is -0.142. The maximum atomic E-state index is 11.6. The molecule has 1 amide bonds. The number of aromatic hydroxyl groups is 2. The van der Waals surface area contributed by atoms with Crippen molar-refractivity contribution < 1.29 is 24.5 Å². The summed E-state index contributed by atoms with van der Waals surface area (Å²) in [7, 11) is 0. The van der Waals surface area contributed by atoms with Crippen molar-refractivity contribution in [3.63, 3.8) is 0 Å². The van der Waals surface area contributed by atoms with E-state index in [1.165, 1.54) is 0 Å². The summed E-state index contributed by atoms with van der Waals surface area (Å²) >= 11 is 0. The van der Waals surface area contributed by atoms with Gasteiger partial charge in [0, 0.05) is 30.9 Å². The zero-order valence-electron chi connectivity index (χ0n) is 31.9. The summed E-state index contributed by atoms with van der Waals surface area (Å²) in [6.07, 6.45) is 0.470. The van der Waals surface area contributed by atoms with Crippen molar-refractivity contribution in [2.45, 2.75) is 74.4 Å². The second kappa shape index (κ2) is 17.1. The summed E-state index contributed by atoms with van der Waals surface area (Å²) in [6.45, 7) is 15.6. The maximum Gasteiger partial charge on any atom is 0.307 e. The Balaban J connectivity index is 0.000000208. The van der Waals surface area contributed by atoms with Crippen molar-refractivity contribution in [1.29, 1.82) is 0 Å². The van der Waals surface area contributed by atoms with Gasteiger partial charge in [0.05, 0.1) is 48.2 Å². The summed E-state index contributed by atoms with van der Waals surface area (Å²) in [6, 6.07) is 15.1. The van der Waals surface area contributed by atoms with E-state index in [-0.39, 0.29) is 36.2 Å². The highest BCUT2D eigenvalue weighted by atomic mass is 16.5. The number of amides is 1. The van der Waals surface area contributed by atoms with Crippen LogP contribution in [0.4, 0.5) is 11.9 Å². The Morgan fingerprint density at radius 1 is 0.685 bits per heavy atom. The molecule has 14 heteroatoms. The molecule has 6 rings (SSSR count). The number of ether oxygens (including phenoxy) is 1. The summed E-state index contributed by atoms with van der Waals surface area (Å²) < 4.78 is 8.94. The number of nitrogens with two attached hydrogens (primary N) is 1. The van der Waals surface area contributed by atoms with Crippen molar-refractivity contribution in [1.82, 2.24) is 29.1 Å². The van der Waals surface area contributed by atoms with Gasteiger partial charge in [-0.1, -0.05) is 12.1 Å². The molecular weight excluding hydrogens is 686 g/mol. The van der Waals surface area contributed by atoms with Crippen LogP contribution in [0.25, 0.3) is 22.1 Å². The van der Waals surface area contributed by atoms with Crippen LogP contribution >= 0.6 is 0 Å². The number of primary amides is 1. The van der Waals surface area contributed by atoms with Gasteiger partial charge in [-0.3, -0.25) is 19.6 Å². The van der Waals surface area contributed by atoms with Crippen molar-refractivity contribution in [2.75, 3.05) is 30.3 Å². The van der Waals surface area contributed by atoms with Crippen LogP contribution in [-0.2, 0) is 27.4 Å². The molecule has 0 aliphatic rings. The number of benzene rings is 2. The molecule has 0 saturated heterocycles. The lowest BCUT2D eigenvalue weighted by atomic mass is 10.1. The van der Waals surface area contributed by atoms with Gasteiger partial charge in [0.2, 0.25) is 17.8 Å². The summed E-state index contributed by atoms with van der Waals surface area (Å²) in [5.74, 6) is 0.931. The molecule has 0 spiro atoms. The fourth-order valence-corrected chi connectivity index (χ4v) is 6.27. The molecule has 54 heavy (non-hydrogen) atoms. The third kappa shape index (κ3) is 9.43. The van der Waals surface area contributed by atoms with Crippen molar-refractivity contribution in [2.24, 2.45) is 5.73 Å². The van der Waals surface area contributed by atoms with E-state index in [1.807, 2.05) is 50.7 Å². The van der Waals surface area contributed by atoms with E-state index in [4.69, 9.17) is 15.5 Å². The van der Waals surface area contributed by atoms with Gasteiger partial charge >= 0.3 is 5.97 Å². The molecule has 0 aliphatic heterocycles. The number of fused-ring (bicyclic) bond motifs is 2. The van der Waals surface area contributed by atoms with Gasteiger partial charge in [-0.15, -0.1) is 0 Å². The Hall–Kier alpha value is -6.18. The van der Waals surface area contributed by atoms with Crippen LogP contribution in [0.5, 0.6) is 11.5 Å². The van der Waals surface area contributed by atoms with Crippen molar-refractivity contribution >= 4 is 45.8 Å². The summed E-state index contributed by atoms with van der Waals surface area (Å²) in [5, 5.41) is 26.8. The molecule has 0 bridgehead atoms. The Bertz CT molecular complexity index is 2310. The second-order valence-corrected chi connectivity index (χ2v) is 13.4. The standard InChI is InChI=1S/C21H26N4O3.C19H23N5O2/c1-5-28-19(27)8-9-22-21-24-20-14(3)10-13(2)11-17(20)25(21)12-16-18(26)7-6-15(4)23-16;1-11-8-12(2)18-15(9-11)24(19(23-18)21-7-6-17(20)26)10-14-16(25)5-4-13(3)22-14/h6-7,10-11,26H,5,8-9,12H2,1-4H3,(H,22,24);4-5,8-9,25H,6-7,10H2,1-3H3,(H2,20,26)(H,21,23). The first-order valence-electron chi connectivity index (χ1n) is 17.9. The highest BCUT2D eigenvalue weighted by molar-refractivity contribution is 5.84. The molecule has 0 saturated carbocycles. The third-order valence-corrected chi connectivity index (χ3v) is 8.74. The van der Waals surface area contributed by atoms with Crippen LogP contribution in [0.3, 0.4) is 0 Å². The van der Waals surface area contributed by atoms with Crippen LogP contribution in [0.1, 0.15) is 64.8 Å². The minimum absolute atomic E-state index is 0.143. The molecule has 0 radical (unpaired) electrons. The number of nitrogens with zero attached hydrogens (tertiary/aromatic N) is 6. The van der Waals surface area contributed by atoms with Crippen LogP contribution in [0.2, 0.25) is 0 Å². The number of nitrogens with one attached hydrogen (secondary N) is 2. The smallest absolute Gasteiger partial charge is 0.307 e. The minimum Gasteiger partial charge on any atom is -0.506 e. The quantitative estimate of drug-likeness (QED) is 0.0890. The van der Waals surface area contributed by atoms with E-state index in [2.05, 4.69) is 49.9 Å². The number of pyridine rings is 2. The third-order valence-electron chi connectivity index (χ3n) is 8.74. The fraction of sp³-hybridized carbons (Fsp3) is 0.350. The maximum absolute atomic E-state index is 11.6. The molecule has 4 aromatic heterocycles. The van der Waals surface area contributed by atoms with Crippen LogP contribution in [0, 0.1) is 41.5 Å². The molecule has 6 aromatic rings. The predicted octanol–water partition coefficient (Wildman–Crippen LogP) is 5.87. The Kier molecular flexibility index (Phi) is 12.4. The topological polar surface area (TPSA) is 195 Å². The molecule has 2 aromatic carbocycles. The van der Waals surface area contributed by atoms with E-state index in [1.54, 1.807) is 31.2 Å². The second-order valence-electron chi connectivity index (χ2n) is 13.4. The van der Waals surface area contributed by atoms with Gasteiger partial charge in [-0.05, 0) is 107 Å². The molecule has 0 atom stereocenters. The van der Waals surface area contributed by atoms with Crippen molar-refractivity contribution in [3.8, 4) is 11.5 Å². The van der Waals surface area contributed by atoms with Gasteiger partial charge in [0.1, 0.15) is 22.9 Å². The zero-order chi connectivity index (χ0) is 39.1. The molecule has 14 nitrogen and oxygen atoms in total. The molecule has 0 aliphatic carbocycles. The monoisotopic (exact) mass is 735 g/mol. The zero-order valence-corrected chi connectivity index (χ0v) is 31.9. The number of rotatable bonds is 13. The Labute approximate surface area is 314 Å². The molecule has 0 unspecified atom stereocenters. The number of esters is 1. The SMILES string of the molecule is CCOC(=O)CCNc1nc2c(C)cc(C)cc2n1Cc1nc(C)ccc1O.Cc1cc(C)c2nc(NCCC(N)=O)n(Cc3nc(C)ccc3O)c2c1. The largest absolute Gasteiger partial charge is 0.506 e. The van der Waals surface area contributed by atoms with E-state index in [0.29, 0.717) is 56.1 Å². The highest BCUT2D eigenvalue weighted by Gasteiger charge is 2.18. The predicted molar refractivity (Wildman–Crippen MR) is 210 cm³/mol. The average molecular weight is 736 g/mol. The first-order chi connectivity index (χ1) is 25.7. The first-order valence-corrected chi connectivity index (χ1v) is 17.9. The van der Waals surface area contributed by atoms with Crippen LogP contribution < -0.4 is 16.4 Å². The van der Waals surface area contributed by atoms with Gasteiger partial charge in [0.25, 0.3) is 0 Å². The van der Waals surface area contributed by atoms with E-state index in [0.717, 1.165) is 55.7 Å². The highest BCUT2D eigenvalue weighted by Crippen LogP contribution is 2.29. The number of hydrogen-bond donors (Lipinski definition) is 5. The number of imidazole rings is 2. The molecule has 0 fully saturated rings. The average Bonchev–Trinajstić information content (AvgIpc) is 3.62. The van der Waals surface area contributed by atoms with Gasteiger partial charge in [-0.25, -0.2) is 9.97 Å². The number of carbonyl (C=O) groups is 2. The number of aromatic nitrogens is 6. The Morgan fingerprint density at radius 2 is 1.13 bits per heavy atom. The number of carbonyl (C=O) groups excluding carboxylic acids is 2.